The van der Waals surface area contributed by atoms with E-state index in [-0.39, 0.29) is 22.5 Å². The summed E-state index contributed by atoms with van der Waals surface area (Å²) >= 11 is 0. The number of benzene rings is 2. The fraction of sp³-hybridized carbons (Fsp3) is 0.419. The molecule has 0 unspecified atom stereocenters. The molecule has 40 heavy (non-hydrogen) atoms. The Morgan fingerprint density at radius 3 is 2.15 bits per heavy atom. The first-order valence-electron chi connectivity index (χ1n) is 14.0. The Morgan fingerprint density at radius 1 is 0.900 bits per heavy atom. The Labute approximate surface area is 237 Å². The topological polar surface area (TPSA) is 87.0 Å². The van der Waals surface area contributed by atoms with Crippen LogP contribution in [0.15, 0.2) is 51.9 Å². The van der Waals surface area contributed by atoms with Crippen LogP contribution in [0.25, 0.3) is 12.2 Å². The zero-order valence-corrected chi connectivity index (χ0v) is 24.6. The van der Waals surface area contributed by atoms with Crippen LogP contribution in [0.2, 0.25) is 0 Å². The van der Waals surface area contributed by atoms with Gasteiger partial charge in [0.15, 0.2) is 10.7 Å². The van der Waals surface area contributed by atoms with E-state index in [1.54, 1.807) is 13.0 Å². The largest absolute Gasteiger partial charge is 0.368 e. The van der Waals surface area contributed by atoms with E-state index in [2.05, 4.69) is 41.2 Å². The molecule has 0 spiro atoms. The minimum absolute atomic E-state index is 0.105. The van der Waals surface area contributed by atoms with Gasteiger partial charge >= 0.3 is 0 Å². The summed E-state index contributed by atoms with van der Waals surface area (Å²) < 4.78 is 34.4. The first-order chi connectivity index (χ1) is 19.1. The number of para-hydroxylation sites is 1. The molecule has 9 heteroatoms. The maximum absolute atomic E-state index is 13.7. The molecule has 2 saturated heterocycles. The number of carbonyl (C=O) groups excluding carboxylic acids is 1. The molecule has 0 bridgehead atoms. The first-order valence-corrected chi connectivity index (χ1v) is 15.4. The van der Waals surface area contributed by atoms with Crippen molar-refractivity contribution < 1.29 is 17.7 Å². The van der Waals surface area contributed by atoms with Crippen molar-refractivity contribution in [3.63, 3.8) is 0 Å². The number of carbonyl (C=O) groups is 1. The highest BCUT2D eigenvalue weighted by molar-refractivity contribution is 7.89. The molecule has 2 fully saturated rings. The lowest BCUT2D eigenvalue weighted by molar-refractivity contribution is -0.137. The van der Waals surface area contributed by atoms with Crippen LogP contribution in [-0.4, -0.2) is 68.0 Å². The van der Waals surface area contributed by atoms with Gasteiger partial charge in [0.1, 0.15) is 5.69 Å². The van der Waals surface area contributed by atoms with Crippen LogP contribution in [0, 0.1) is 33.6 Å². The van der Waals surface area contributed by atoms with Crippen LogP contribution in [0.1, 0.15) is 46.5 Å². The third kappa shape index (κ3) is 5.71. The van der Waals surface area contributed by atoms with Gasteiger partial charge in [0.05, 0.1) is 0 Å². The molecule has 8 nitrogen and oxygen atoms in total. The number of hydrogen-bond acceptors (Lipinski definition) is 6. The number of aromatic nitrogens is 1. The van der Waals surface area contributed by atoms with Gasteiger partial charge in [-0.25, -0.2) is 8.42 Å². The highest BCUT2D eigenvalue weighted by Crippen LogP contribution is 2.30. The molecule has 0 aliphatic carbocycles. The Kier molecular flexibility index (Phi) is 8.14. The van der Waals surface area contributed by atoms with E-state index >= 15 is 0 Å². The Balaban J connectivity index is 1.23. The van der Waals surface area contributed by atoms with E-state index in [9.17, 15) is 13.2 Å². The molecule has 2 aromatic carbocycles. The summed E-state index contributed by atoms with van der Waals surface area (Å²) in [5.41, 5.74) is 5.96. The first kappa shape index (κ1) is 28.1. The van der Waals surface area contributed by atoms with Crippen LogP contribution in [0.5, 0.6) is 0 Å². The molecule has 3 aromatic rings. The monoisotopic (exact) mass is 562 g/mol. The quantitative estimate of drug-likeness (QED) is 0.428. The lowest BCUT2D eigenvalue weighted by atomic mass is 9.96. The van der Waals surface area contributed by atoms with Crippen LogP contribution in [-0.2, 0) is 14.8 Å². The zero-order valence-electron chi connectivity index (χ0n) is 23.8. The molecule has 5 rings (SSSR count). The summed E-state index contributed by atoms with van der Waals surface area (Å²) in [5, 5.41) is 3.98. The van der Waals surface area contributed by atoms with Crippen LogP contribution < -0.4 is 4.90 Å². The highest BCUT2D eigenvalue weighted by atomic mass is 32.2. The number of anilines is 1. The standard InChI is InChI=1S/C31H38N4O4S/c1-22-20-23(2)28(24(3)21-22)10-11-29-30(25(4)32-39-29)40(37,38)35-14-12-26(13-15-35)31(36)34-18-16-33(17-19-34)27-8-6-5-7-9-27/h5-11,20-21,26H,12-19H2,1-4H3. The molecule has 3 heterocycles. The molecule has 2 aliphatic heterocycles. The third-order valence-corrected chi connectivity index (χ3v) is 10.1. The SMILES string of the molecule is Cc1cc(C)c(C=Cc2onc(C)c2S(=O)(=O)N2CCC(C(=O)N3CCN(c4ccccc4)CC3)CC2)c(C)c1. The second-order valence-corrected chi connectivity index (χ2v) is 12.8. The summed E-state index contributed by atoms with van der Waals surface area (Å²) in [5.74, 6) is 0.204. The summed E-state index contributed by atoms with van der Waals surface area (Å²) in [6, 6.07) is 14.5. The van der Waals surface area contributed by atoms with Gasteiger partial charge in [-0.2, -0.15) is 4.31 Å². The highest BCUT2D eigenvalue weighted by Gasteiger charge is 2.37. The number of hydrogen-bond donors (Lipinski definition) is 0. The zero-order chi connectivity index (χ0) is 28.4. The number of nitrogens with zero attached hydrogens (tertiary/aromatic N) is 4. The van der Waals surface area contributed by atoms with Crippen molar-refractivity contribution >= 4 is 33.8 Å². The smallest absolute Gasteiger partial charge is 0.248 e. The molecular formula is C31H38N4O4S. The van der Waals surface area contributed by atoms with Crippen LogP contribution in [0.4, 0.5) is 5.69 Å². The molecule has 0 radical (unpaired) electrons. The second kappa shape index (κ2) is 11.6. The van der Waals surface area contributed by atoms with Crippen molar-refractivity contribution in [1.82, 2.24) is 14.4 Å². The van der Waals surface area contributed by atoms with E-state index in [0.29, 0.717) is 44.7 Å². The normalized spacial score (nSPS) is 17.6. The van der Waals surface area contributed by atoms with Gasteiger partial charge in [-0.1, -0.05) is 47.1 Å². The summed E-state index contributed by atoms with van der Waals surface area (Å²) in [4.78, 5) is 17.6. The predicted octanol–water partition coefficient (Wildman–Crippen LogP) is 4.83. The summed E-state index contributed by atoms with van der Waals surface area (Å²) in [7, 11) is -3.83. The van der Waals surface area contributed by atoms with Gasteiger partial charge in [-0.3, -0.25) is 4.79 Å². The van der Waals surface area contributed by atoms with Crippen molar-refractivity contribution in [2.24, 2.45) is 5.92 Å². The van der Waals surface area contributed by atoms with Crippen molar-refractivity contribution in [2.75, 3.05) is 44.2 Å². The molecule has 1 amide bonds. The number of aryl methyl sites for hydroxylation is 4. The fourth-order valence-corrected chi connectivity index (χ4v) is 7.69. The minimum atomic E-state index is -3.83. The van der Waals surface area contributed by atoms with Crippen LogP contribution in [0.3, 0.4) is 0 Å². The molecule has 212 valence electrons. The second-order valence-electron chi connectivity index (χ2n) is 10.9. The lowest BCUT2D eigenvalue weighted by Gasteiger charge is -2.39. The van der Waals surface area contributed by atoms with Crippen molar-refractivity contribution in [2.45, 2.75) is 45.4 Å². The molecule has 0 saturated carbocycles. The van der Waals surface area contributed by atoms with E-state index in [1.165, 1.54) is 15.6 Å². The van der Waals surface area contributed by atoms with Crippen molar-refractivity contribution in [3.05, 3.63) is 76.2 Å². The number of piperidine rings is 1. The van der Waals surface area contributed by atoms with Gasteiger partial charge < -0.3 is 14.3 Å². The van der Waals surface area contributed by atoms with Gasteiger partial charge in [-0.05, 0) is 75.4 Å². The molecular weight excluding hydrogens is 524 g/mol. The van der Waals surface area contributed by atoms with E-state index < -0.39 is 10.0 Å². The number of sulfonamides is 1. The predicted molar refractivity (Wildman–Crippen MR) is 158 cm³/mol. The number of rotatable bonds is 6. The average molecular weight is 563 g/mol. The summed E-state index contributed by atoms with van der Waals surface area (Å²) in [6.45, 7) is 11.3. The maximum atomic E-state index is 13.7. The van der Waals surface area contributed by atoms with Gasteiger partial charge in [0, 0.05) is 50.9 Å². The maximum Gasteiger partial charge on any atom is 0.248 e. The third-order valence-electron chi connectivity index (χ3n) is 8.09. The molecule has 0 N–H and O–H groups in total. The lowest BCUT2D eigenvalue weighted by Crippen LogP contribution is -2.52. The van der Waals surface area contributed by atoms with Crippen molar-refractivity contribution in [3.8, 4) is 0 Å². The van der Waals surface area contributed by atoms with Crippen LogP contribution >= 0.6 is 0 Å². The number of piperazine rings is 1. The average Bonchev–Trinajstić information content (AvgIpc) is 3.33. The Morgan fingerprint density at radius 2 is 1.52 bits per heavy atom. The summed E-state index contributed by atoms with van der Waals surface area (Å²) in [6.07, 6.45) is 4.61. The number of amides is 1. The van der Waals surface area contributed by atoms with E-state index in [0.717, 1.165) is 29.8 Å². The molecule has 1 aromatic heterocycles. The van der Waals surface area contributed by atoms with E-state index in [4.69, 9.17) is 4.52 Å². The Hall–Kier alpha value is -3.43. The minimum Gasteiger partial charge on any atom is -0.368 e. The van der Waals surface area contributed by atoms with Gasteiger partial charge in [0.2, 0.25) is 15.9 Å². The van der Waals surface area contributed by atoms with Gasteiger partial charge in [-0.15, -0.1) is 0 Å². The molecule has 2 aliphatic rings. The van der Waals surface area contributed by atoms with E-state index in [1.807, 2.05) is 43.0 Å². The fourth-order valence-electron chi connectivity index (χ4n) is 5.97. The molecule has 0 atom stereocenters. The van der Waals surface area contributed by atoms with Crippen molar-refractivity contribution in [1.29, 1.82) is 0 Å². The Bertz CT molecular complexity index is 1470. The van der Waals surface area contributed by atoms with Gasteiger partial charge in [0.25, 0.3) is 0 Å².